The molecule has 0 bridgehead atoms. The molecule has 1 aromatic rings. The molecule has 1 saturated heterocycles. The van der Waals surface area contributed by atoms with Crippen LogP contribution in [0, 0.1) is 16.7 Å². The maximum absolute atomic E-state index is 12.9. The lowest BCUT2D eigenvalue weighted by atomic mass is 9.76. The molecule has 9 heteroatoms. The second-order valence-electron chi connectivity index (χ2n) is 9.14. The van der Waals surface area contributed by atoms with Crippen molar-refractivity contribution in [1.29, 1.82) is 5.26 Å². The van der Waals surface area contributed by atoms with Gasteiger partial charge < -0.3 is 25.0 Å². The van der Waals surface area contributed by atoms with Crippen molar-refractivity contribution in [1.82, 2.24) is 10.2 Å². The number of alkyl carbamates (subject to hydrolysis) is 1. The number of allylic oxidation sites excluding steroid dienone is 1. The van der Waals surface area contributed by atoms with Crippen LogP contribution in [0.15, 0.2) is 42.0 Å². The molecule has 3 N–H and O–H groups in total. The van der Waals surface area contributed by atoms with E-state index in [0.29, 0.717) is 13.0 Å². The molecule has 0 radical (unpaired) electrons. The molecular formula is C23H32BN3O5. The van der Waals surface area contributed by atoms with E-state index in [-0.39, 0.29) is 36.0 Å². The number of nitrogens with one attached hydrogen (secondary N) is 1. The van der Waals surface area contributed by atoms with Gasteiger partial charge in [0.25, 0.3) is 5.91 Å². The van der Waals surface area contributed by atoms with Gasteiger partial charge in [-0.05, 0) is 36.7 Å². The predicted molar refractivity (Wildman–Crippen MR) is 121 cm³/mol. The second-order valence-corrected chi connectivity index (χ2v) is 9.14. The third-order valence-electron chi connectivity index (χ3n) is 5.18. The number of carbonyl (C=O) groups excluding carboxylic acids is 2. The molecule has 2 unspecified atom stereocenters. The van der Waals surface area contributed by atoms with Crippen LogP contribution in [-0.2, 0) is 16.0 Å². The summed E-state index contributed by atoms with van der Waals surface area (Å²) in [6.07, 6.45) is 3.46. The van der Waals surface area contributed by atoms with Crippen molar-refractivity contribution >= 4 is 19.1 Å². The smallest absolute Gasteiger partial charge is 0.447 e. The summed E-state index contributed by atoms with van der Waals surface area (Å²) in [5.74, 6) is -1.29. The number of carbonyl (C=O) groups is 2. The molecule has 1 fully saturated rings. The van der Waals surface area contributed by atoms with Gasteiger partial charge in [0.1, 0.15) is 18.2 Å². The Morgan fingerprint density at radius 1 is 1.31 bits per heavy atom. The van der Waals surface area contributed by atoms with Crippen LogP contribution in [-0.4, -0.2) is 59.2 Å². The molecule has 1 aromatic carbocycles. The van der Waals surface area contributed by atoms with E-state index in [4.69, 9.17) is 4.74 Å². The Bertz CT molecular complexity index is 845. The number of amides is 2. The van der Waals surface area contributed by atoms with E-state index in [1.54, 1.807) is 11.0 Å². The van der Waals surface area contributed by atoms with Gasteiger partial charge in [-0.15, -0.1) is 0 Å². The molecular weight excluding hydrogens is 409 g/mol. The number of hydrogen-bond donors (Lipinski definition) is 3. The largest absolute Gasteiger partial charge is 0.475 e. The summed E-state index contributed by atoms with van der Waals surface area (Å²) in [5, 5.41) is 31.2. The lowest BCUT2D eigenvalue weighted by molar-refractivity contribution is -0.131. The van der Waals surface area contributed by atoms with E-state index in [0.717, 1.165) is 18.4 Å². The van der Waals surface area contributed by atoms with Crippen LogP contribution in [0.5, 0.6) is 0 Å². The topological polar surface area (TPSA) is 123 Å². The second kappa shape index (κ2) is 11.7. The minimum atomic E-state index is -1.75. The fourth-order valence-electron chi connectivity index (χ4n) is 3.63. The van der Waals surface area contributed by atoms with Crippen LogP contribution < -0.4 is 5.32 Å². The SMILES string of the molecule is CC(C)(C)/C=C(\C#N)C(=O)N1CCCCC1COC(=O)NC(Cc1ccccc1)B(O)O. The van der Waals surface area contributed by atoms with E-state index >= 15 is 0 Å². The Balaban J connectivity index is 1.99. The minimum Gasteiger partial charge on any atom is -0.447 e. The Morgan fingerprint density at radius 2 is 2.00 bits per heavy atom. The van der Waals surface area contributed by atoms with Crippen LogP contribution in [0.1, 0.15) is 45.6 Å². The quantitative estimate of drug-likeness (QED) is 0.339. The van der Waals surface area contributed by atoms with Crippen molar-refractivity contribution in [3.8, 4) is 6.07 Å². The third-order valence-corrected chi connectivity index (χ3v) is 5.18. The van der Waals surface area contributed by atoms with Crippen molar-refractivity contribution in [2.75, 3.05) is 13.2 Å². The first-order valence-electron chi connectivity index (χ1n) is 10.9. The number of nitrogens with zero attached hydrogens (tertiary/aromatic N) is 2. The number of nitriles is 1. The van der Waals surface area contributed by atoms with Crippen molar-refractivity contribution in [2.24, 2.45) is 5.41 Å². The maximum atomic E-state index is 12.9. The third kappa shape index (κ3) is 8.02. The molecule has 2 atom stereocenters. The molecule has 0 saturated carbocycles. The van der Waals surface area contributed by atoms with Crippen LogP contribution in [0.2, 0.25) is 0 Å². The molecule has 1 heterocycles. The molecule has 0 aromatic heterocycles. The first-order valence-corrected chi connectivity index (χ1v) is 10.9. The number of benzene rings is 1. The average molecular weight is 441 g/mol. The molecule has 0 spiro atoms. The van der Waals surface area contributed by atoms with E-state index < -0.39 is 19.2 Å². The van der Waals surface area contributed by atoms with Crippen molar-refractivity contribution in [3.05, 3.63) is 47.5 Å². The highest BCUT2D eigenvalue weighted by atomic mass is 16.5. The standard InChI is InChI=1S/C23H32BN3O5/c1-23(2,3)14-18(15-25)21(28)27-12-8-7-11-19(27)16-32-22(29)26-20(24(30)31)13-17-9-5-4-6-10-17/h4-6,9-10,14,19-20,30-31H,7-8,11-13,16H2,1-3H3,(H,26,29)/b18-14+. The summed E-state index contributed by atoms with van der Waals surface area (Å²) < 4.78 is 5.33. The summed E-state index contributed by atoms with van der Waals surface area (Å²) in [5.41, 5.74) is 0.603. The number of hydrogen-bond acceptors (Lipinski definition) is 6. The molecule has 0 aliphatic carbocycles. The fraction of sp³-hybridized carbons (Fsp3) is 0.522. The zero-order valence-corrected chi connectivity index (χ0v) is 19.0. The molecule has 32 heavy (non-hydrogen) atoms. The Hall–Kier alpha value is -2.83. The van der Waals surface area contributed by atoms with Crippen molar-refractivity contribution in [2.45, 2.75) is 58.4 Å². The molecule has 2 amide bonds. The fourth-order valence-corrected chi connectivity index (χ4v) is 3.63. The summed E-state index contributed by atoms with van der Waals surface area (Å²) in [4.78, 5) is 26.9. The van der Waals surface area contributed by atoms with Gasteiger partial charge in [-0.2, -0.15) is 5.26 Å². The van der Waals surface area contributed by atoms with Crippen LogP contribution >= 0.6 is 0 Å². The van der Waals surface area contributed by atoms with Crippen LogP contribution in [0.3, 0.4) is 0 Å². The monoisotopic (exact) mass is 441 g/mol. The van der Waals surface area contributed by atoms with Crippen molar-refractivity contribution < 1.29 is 24.4 Å². The van der Waals surface area contributed by atoms with Gasteiger partial charge in [0.15, 0.2) is 0 Å². The van der Waals surface area contributed by atoms with Gasteiger partial charge in [0, 0.05) is 6.54 Å². The number of rotatable bonds is 7. The Labute approximate surface area is 190 Å². The van der Waals surface area contributed by atoms with Gasteiger partial charge in [-0.1, -0.05) is 57.2 Å². The number of piperidine rings is 1. The lowest BCUT2D eigenvalue weighted by Crippen LogP contribution is -2.50. The van der Waals surface area contributed by atoms with Gasteiger partial charge in [-0.25, -0.2) is 4.79 Å². The summed E-state index contributed by atoms with van der Waals surface area (Å²) in [6, 6.07) is 10.8. The molecule has 8 nitrogen and oxygen atoms in total. The first kappa shape index (κ1) is 25.4. The zero-order chi connectivity index (χ0) is 23.7. The highest BCUT2D eigenvalue weighted by Crippen LogP contribution is 2.23. The maximum Gasteiger partial charge on any atom is 0.475 e. The van der Waals surface area contributed by atoms with Gasteiger partial charge in [0.05, 0.1) is 12.0 Å². The van der Waals surface area contributed by atoms with Gasteiger partial charge in [-0.3, -0.25) is 4.79 Å². The highest BCUT2D eigenvalue weighted by molar-refractivity contribution is 6.43. The van der Waals surface area contributed by atoms with E-state index in [1.807, 2.05) is 57.2 Å². The molecule has 1 aliphatic heterocycles. The molecule has 2 rings (SSSR count). The van der Waals surface area contributed by atoms with Crippen LogP contribution in [0.4, 0.5) is 4.79 Å². The van der Waals surface area contributed by atoms with E-state index in [9.17, 15) is 24.9 Å². The highest BCUT2D eigenvalue weighted by Gasteiger charge is 2.31. The first-order chi connectivity index (χ1) is 15.1. The Morgan fingerprint density at radius 3 is 2.59 bits per heavy atom. The average Bonchev–Trinajstić information content (AvgIpc) is 2.75. The lowest BCUT2D eigenvalue weighted by Gasteiger charge is -2.35. The summed E-state index contributed by atoms with van der Waals surface area (Å²) in [7, 11) is -1.75. The van der Waals surface area contributed by atoms with Crippen LogP contribution in [0.25, 0.3) is 0 Å². The normalized spacial score (nSPS) is 17.8. The van der Waals surface area contributed by atoms with E-state index in [2.05, 4.69) is 5.32 Å². The van der Waals surface area contributed by atoms with E-state index in [1.165, 1.54) is 0 Å². The van der Waals surface area contributed by atoms with Gasteiger partial charge in [0.2, 0.25) is 0 Å². The summed E-state index contributed by atoms with van der Waals surface area (Å²) >= 11 is 0. The number of likely N-dealkylation sites (tertiary alicyclic amines) is 1. The number of ether oxygens (including phenoxy) is 1. The molecule has 172 valence electrons. The summed E-state index contributed by atoms with van der Waals surface area (Å²) in [6.45, 7) is 6.20. The predicted octanol–water partition coefficient (Wildman–Crippen LogP) is 2.21. The van der Waals surface area contributed by atoms with Crippen molar-refractivity contribution in [3.63, 3.8) is 0 Å². The Kier molecular flexibility index (Phi) is 9.30. The minimum absolute atomic E-state index is 0.0363. The van der Waals surface area contributed by atoms with Gasteiger partial charge >= 0.3 is 13.2 Å². The molecule has 1 aliphatic rings. The zero-order valence-electron chi connectivity index (χ0n) is 19.0.